The van der Waals surface area contributed by atoms with Crippen molar-refractivity contribution in [2.45, 2.75) is 0 Å². The van der Waals surface area contributed by atoms with Gasteiger partial charge in [0.05, 0.1) is 15.9 Å². The molecule has 0 spiro atoms. The highest BCUT2D eigenvalue weighted by Gasteiger charge is 2.25. The molecule has 0 unspecified atom stereocenters. The number of halogens is 4. The van der Waals surface area contributed by atoms with Crippen LogP contribution in [0.5, 0.6) is 0 Å². The van der Waals surface area contributed by atoms with E-state index in [1.54, 1.807) is 54.6 Å². The van der Waals surface area contributed by atoms with Gasteiger partial charge in [-0.25, -0.2) is 19.1 Å². The summed E-state index contributed by atoms with van der Waals surface area (Å²) in [6, 6.07) is 27.0. The lowest BCUT2D eigenvalue weighted by Gasteiger charge is -2.25. The Morgan fingerprint density at radius 2 is 1.47 bits per heavy atom. The molecule has 1 heterocycles. The van der Waals surface area contributed by atoms with Crippen molar-refractivity contribution >= 4 is 73.1 Å². The molecular formula is C28H17BrCl2FN3O. The SMILES string of the molecule is O=C(Nc1ccc(Cl)cc1)N(c1ccc(Cl)cc1)c1nc(-c2ccccc2)c(Br)c2ccc(F)cc12. The summed E-state index contributed by atoms with van der Waals surface area (Å²) in [6.07, 6.45) is 0. The van der Waals surface area contributed by atoms with Gasteiger partial charge in [-0.2, -0.15) is 0 Å². The van der Waals surface area contributed by atoms with Crippen LogP contribution >= 0.6 is 39.1 Å². The maximum atomic E-state index is 14.5. The van der Waals surface area contributed by atoms with E-state index in [-0.39, 0.29) is 5.82 Å². The quantitative estimate of drug-likeness (QED) is 0.230. The van der Waals surface area contributed by atoms with E-state index in [4.69, 9.17) is 28.2 Å². The van der Waals surface area contributed by atoms with Crippen LogP contribution in [-0.2, 0) is 0 Å². The average molecular weight is 581 g/mol. The summed E-state index contributed by atoms with van der Waals surface area (Å²) >= 11 is 15.8. The van der Waals surface area contributed by atoms with Crippen molar-refractivity contribution in [3.8, 4) is 11.3 Å². The molecule has 1 N–H and O–H groups in total. The molecule has 36 heavy (non-hydrogen) atoms. The van der Waals surface area contributed by atoms with Crippen molar-refractivity contribution in [3.63, 3.8) is 0 Å². The van der Waals surface area contributed by atoms with Gasteiger partial charge in [0.15, 0.2) is 0 Å². The van der Waals surface area contributed by atoms with E-state index in [9.17, 15) is 9.18 Å². The number of anilines is 3. The number of fused-ring (bicyclic) bond motifs is 1. The predicted molar refractivity (Wildman–Crippen MR) is 149 cm³/mol. The highest BCUT2D eigenvalue weighted by Crippen LogP contribution is 2.40. The number of pyridine rings is 1. The first kappa shape index (κ1) is 24.3. The predicted octanol–water partition coefficient (Wildman–Crippen LogP) is 9.48. The number of hydrogen-bond donors (Lipinski definition) is 1. The van der Waals surface area contributed by atoms with Crippen molar-refractivity contribution in [2.24, 2.45) is 0 Å². The zero-order valence-electron chi connectivity index (χ0n) is 18.6. The van der Waals surface area contributed by atoms with Crippen molar-refractivity contribution < 1.29 is 9.18 Å². The molecule has 5 aromatic rings. The number of carbonyl (C=O) groups is 1. The summed E-state index contributed by atoms with van der Waals surface area (Å²) in [5, 5.41) is 5.11. The second-order valence-electron chi connectivity index (χ2n) is 7.90. The molecule has 0 saturated heterocycles. The number of carbonyl (C=O) groups excluding carboxylic acids is 1. The Morgan fingerprint density at radius 1 is 0.833 bits per heavy atom. The third kappa shape index (κ3) is 4.93. The molecule has 0 radical (unpaired) electrons. The van der Waals surface area contributed by atoms with E-state index in [2.05, 4.69) is 21.2 Å². The van der Waals surface area contributed by atoms with Crippen molar-refractivity contribution in [1.29, 1.82) is 0 Å². The molecule has 4 aromatic carbocycles. The standard InChI is InChI=1S/C28H17BrCl2FN3O/c29-25-23-15-10-20(32)16-24(23)27(34-26(25)17-4-2-1-3-5-17)35(22-13-8-19(31)9-14-22)28(36)33-21-11-6-18(30)7-12-21/h1-16H,(H,33,36). The number of nitrogens with zero attached hydrogens (tertiary/aromatic N) is 2. The molecule has 0 aliphatic heterocycles. The Kier molecular flexibility index (Phi) is 6.92. The molecule has 5 rings (SSSR count). The van der Waals surface area contributed by atoms with Crippen LogP contribution in [0.1, 0.15) is 0 Å². The molecule has 0 aliphatic carbocycles. The molecule has 0 fully saturated rings. The third-order valence-electron chi connectivity index (χ3n) is 5.53. The topological polar surface area (TPSA) is 45.2 Å². The monoisotopic (exact) mass is 579 g/mol. The van der Waals surface area contributed by atoms with Gasteiger partial charge in [0.1, 0.15) is 11.6 Å². The first-order valence-electron chi connectivity index (χ1n) is 10.9. The first-order chi connectivity index (χ1) is 17.4. The molecule has 4 nitrogen and oxygen atoms in total. The number of nitrogens with one attached hydrogen (secondary N) is 1. The van der Waals surface area contributed by atoms with Gasteiger partial charge in [0.25, 0.3) is 0 Å². The molecule has 0 saturated carbocycles. The summed E-state index contributed by atoms with van der Waals surface area (Å²) in [7, 11) is 0. The lowest BCUT2D eigenvalue weighted by molar-refractivity contribution is 0.259. The zero-order valence-corrected chi connectivity index (χ0v) is 21.6. The van der Waals surface area contributed by atoms with Crippen LogP contribution in [-0.4, -0.2) is 11.0 Å². The normalized spacial score (nSPS) is 10.9. The maximum Gasteiger partial charge on any atom is 0.332 e. The van der Waals surface area contributed by atoms with Gasteiger partial charge in [-0.15, -0.1) is 0 Å². The summed E-state index contributed by atoms with van der Waals surface area (Å²) < 4.78 is 15.2. The highest BCUT2D eigenvalue weighted by molar-refractivity contribution is 9.10. The minimum atomic E-state index is -0.487. The van der Waals surface area contributed by atoms with Gasteiger partial charge < -0.3 is 5.32 Å². The molecular weight excluding hydrogens is 564 g/mol. The first-order valence-corrected chi connectivity index (χ1v) is 12.4. The molecule has 0 aliphatic rings. The van der Waals surface area contributed by atoms with Gasteiger partial charge in [0, 0.05) is 32.1 Å². The number of hydrogen-bond acceptors (Lipinski definition) is 2. The van der Waals surface area contributed by atoms with Crippen LogP contribution in [0, 0.1) is 5.82 Å². The van der Waals surface area contributed by atoms with Crippen LogP contribution < -0.4 is 10.2 Å². The summed E-state index contributed by atoms with van der Waals surface area (Å²) in [6.45, 7) is 0. The third-order valence-corrected chi connectivity index (χ3v) is 6.83. The lowest BCUT2D eigenvalue weighted by atomic mass is 10.1. The molecule has 0 atom stereocenters. The number of amides is 2. The minimum Gasteiger partial charge on any atom is -0.307 e. The number of benzene rings is 4. The van der Waals surface area contributed by atoms with E-state index in [1.807, 2.05) is 30.3 Å². The van der Waals surface area contributed by atoms with E-state index < -0.39 is 11.8 Å². The van der Waals surface area contributed by atoms with Crippen LogP contribution in [0.15, 0.2) is 102 Å². The molecule has 8 heteroatoms. The van der Waals surface area contributed by atoms with Crippen LogP contribution in [0.25, 0.3) is 22.0 Å². The zero-order chi connectivity index (χ0) is 25.2. The maximum absolute atomic E-state index is 14.5. The number of rotatable bonds is 4. The van der Waals surface area contributed by atoms with Gasteiger partial charge in [0.2, 0.25) is 0 Å². The minimum absolute atomic E-state index is 0.264. The fourth-order valence-corrected chi connectivity index (χ4v) is 4.75. The van der Waals surface area contributed by atoms with Gasteiger partial charge >= 0.3 is 6.03 Å². The van der Waals surface area contributed by atoms with Crippen LogP contribution in [0.2, 0.25) is 10.0 Å². The molecule has 0 bridgehead atoms. The van der Waals surface area contributed by atoms with E-state index in [1.165, 1.54) is 17.0 Å². The summed E-state index contributed by atoms with van der Waals surface area (Å²) in [5.41, 5.74) is 2.50. The van der Waals surface area contributed by atoms with E-state index >= 15 is 0 Å². The second-order valence-corrected chi connectivity index (χ2v) is 9.57. The second kappa shape index (κ2) is 10.3. The van der Waals surface area contributed by atoms with Gasteiger partial charge in [-0.1, -0.05) is 59.6 Å². The van der Waals surface area contributed by atoms with Crippen molar-refractivity contribution in [2.75, 3.05) is 10.2 Å². The van der Waals surface area contributed by atoms with Crippen molar-refractivity contribution in [3.05, 3.63) is 117 Å². The fraction of sp³-hybridized carbons (Fsp3) is 0. The summed E-state index contributed by atoms with van der Waals surface area (Å²) in [4.78, 5) is 20.0. The molecule has 178 valence electrons. The highest BCUT2D eigenvalue weighted by atomic mass is 79.9. The molecule has 1 aromatic heterocycles. The Balaban J connectivity index is 1.75. The Hall–Kier alpha value is -3.45. The van der Waals surface area contributed by atoms with Crippen LogP contribution in [0.4, 0.5) is 26.4 Å². The Labute approximate surface area is 225 Å². The number of urea groups is 1. The Bertz CT molecular complexity index is 1560. The lowest BCUT2D eigenvalue weighted by Crippen LogP contribution is -2.31. The van der Waals surface area contributed by atoms with E-state index in [0.717, 1.165) is 5.56 Å². The average Bonchev–Trinajstić information content (AvgIpc) is 2.88. The number of aromatic nitrogens is 1. The Morgan fingerprint density at radius 3 is 2.14 bits per heavy atom. The fourth-order valence-electron chi connectivity index (χ4n) is 3.83. The van der Waals surface area contributed by atoms with Gasteiger partial charge in [-0.05, 0) is 76.6 Å². The van der Waals surface area contributed by atoms with Crippen LogP contribution in [0.3, 0.4) is 0 Å². The smallest absolute Gasteiger partial charge is 0.307 e. The summed E-state index contributed by atoms with van der Waals surface area (Å²) in [5.74, 6) is -0.181. The molecule has 2 amide bonds. The van der Waals surface area contributed by atoms with E-state index in [0.29, 0.717) is 42.4 Å². The van der Waals surface area contributed by atoms with Gasteiger partial charge in [-0.3, -0.25) is 0 Å². The van der Waals surface area contributed by atoms with Crippen molar-refractivity contribution in [1.82, 2.24) is 4.98 Å². The largest absolute Gasteiger partial charge is 0.332 e.